The summed E-state index contributed by atoms with van der Waals surface area (Å²) in [5, 5.41) is 4.00. The van der Waals surface area contributed by atoms with Gasteiger partial charge in [-0.25, -0.2) is 0 Å². The van der Waals surface area contributed by atoms with Crippen molar-refractivity contribution in [1.82, 2.24) is 9.97 Å². The summed E-state index contributed by atoms with van der Waals surface area (Å²) in [6, 6.07) is 9.59. The van der Waals surface area contributed by atoms with Crippen LogP contribution in [0.4, 0.5) is 5.69 Å². The molecule has 0 unspecified atom stereocenters. The predicted octanol–water partition coefficient (Wildman–Crippen LogP) is 2.86. The molecule has 0 aliphatic rings. The summed E-state index contributed by atoms with van der Waals surface area (Å²) in [7, 11) is 0. The van der Waals surface area contributed by atoms with Crippen LogP contribution in [0.1, 0.15) is 11.1 Å². The molecule has 118 valence electrons. The largest absolute Gasteiger partial charge is 0.376 e. The van der Waals surface area contributed by atoms with E-state index in [0.717, 1.165) is 21.4 Å². The average Bonchev–Trinajstić information content (AvgIpc) is 2.55. The van der Waals surface area contributed by atoms with E-state index in [1.807, 2.05) is 37.4 Å². The van der Waals surface area contributed by atoms with Gasteiger partial charge in [-0.1, -0.05) is 6.07 Å². The highest BCUT2D eigenvalue weighted by Gasteiger charge is 2.05. The SMILES string of the molecule is CSc1ccc2cc(CNc3cc(C)c[nH]c3=O)c(=O)[nH]c2c1. The minimum atomic E-state index is -0.197. The first-order valence-corrected chi connectivity index (χ1v) is 8.42. The van der Waals surface area contributed by atoms with E-state index in [1.54, 1.807) is 24.0 Å². The summed E-state index contributed by atoms with van der Waals surface area (Å²) in [6.45, 7) is 2.19. The minimum absolute atomic E-state index is 0.146. The number of benzene rings is 1. The van der Waals surface area contributed by atoms with Gasteiger partial charge >= 0.3 is 0 Å². The number of H-pyrrole nitrogens is 2. The number of aromatic amines is 2. The fraction of sp³-hybridized carbons (Fsp3) is 0.176. The first kappa shape index (κ1) is 15.4. The van der Waals surface area contributed by atoms with Gasteiger partial charge in [0.2, 0.25) is 0 Å². The molecule has 0 fully saturated rings. The smallest absolute Gasteiger partial charge is 0.271 e. The molecule has 2 aromatic heterocycles. The van der Waals surface area contributed by atoms with E-state index in [2.05, 4.69) is 15.3 Å². The zero-order valence-electron chi connectivity index (χ0n) is 12.9. The number of fused-ring (bicyclic) bond motifs is 1. The maximum atomic E-state index is 12.2. The number of nitrogens with one attached hydrogen (secondary N) is 3. The Morgan fingerprint density at radius 3 is 2.74 bits per heavy atom. The van der Waals surface area contributed by atoms with Gasteiger partial charge in [0.15, 0.2) is 0 Å². The summed E-state index contributed by atoms with van der Waals surface area (Å²) in [5.41, 5.74) is 2.48. The third kappa shape index (κ3) is 3.32. The van der Waals surface area contributed by atoms with Crippen LogP contribution in [-0.2, 0) is 6.54 Å². The minimum Gasteiger partial charge on any atom is -0.376 e. The van der Waals surface area contributed by atoms with E-state index in [4.69, 9.17) is 0 Å². The topological polar surface area (TPSA) is 77.8 Å². The third-order valence-electron chi connectivity index (χ3n) is 3.65. The van der Waals surface area contributed by atoms with Crippen LogP contribution in [0.15, 0.2) is 51.0 Å². The highest BCUT2D eigenvalue weighted by atomic mass is 32.2. The summed E-state index contributed by atoms with van der Waals surface area (Å²) >= 11 is 1.63. The number of thioether (sulfide) groups is 1. The van der Waals surface area contributed by atoms with Gasteiger partial charge in [0.1, 0.15) is 5.69 Å². The van der Waals surface area contributed by atoms with E-state index in [-0.39, 0.29) is 11.1 Å². The number of anilines is 1. The molecule has 1 aromatic carbocycles. The molecule has 3 N–H and O–H groups in total. The molecule has 0 spiro atoms. The Labute approximate surface area is 137 Å². The van der Waals surface area contributed by atoms with Crippen molar-refractivity contribution in [3.05, 3.63) is 68.4 Å². The van der Waals surface area contributed by atoms with Crippen molar-refractivity contribution in [3.63, 3.8) is 0 Å². The van der Waals surface area contributed by atoms with Gasteiger partial charge in [-0.15, -0.1) is 11.8 Å². The molecule has 0 radical (unpaired) electrons. The Balaban J connectivity index is 1.91. The second-order valence-electron chi connectivity index (χ2n) is 5.35. The molecule has 0 aliphatic carbocycles. The molecule has 0 saturated heterocycles. The fourth-order valence-electron chi connectivity index (χ4n) is 2.40. The molecule has 0 amide bonds. The van der Waals surface area contributed by atoms with Crippen LogP contribution in [0.25, 0.3) is 10.9 Å². The van der Waals surface area contributed by atoms with Crippen LogP contribution in [-0.4, -0.2) is 16.2 Å². The van der Waals surface area contributed by atoms with Crippen molar-refractivity contribution in [1.29, 1.82) is 0 Å². The van der Waals surface area contributed by atoms with Gasteiger partial charge in [0.05, 0.1) is 0 Å². The predicted molar refractivity (Wildman–Crippen MR) is 95.5 cm³/mol. The number of aromatic nitrogens is 2. The zero-order chi connectivity index (χ0) is 16.4. The van der Waals surface area contributed by atoms with Gasteiger partial charge in [-0.3, -0.25) is 9.59 Å². The second-order valence-corrected chi connectivity index (χ2v) is 6.23. The first-order chi connectivity index (χ1) is 11.1. The molecule has 0 atom stereocenters. The Kier molecular flexibility index (Phi) is 4.25. The van der Waals surface area contributed by atoms with Crippen molar-refractivity contribution >= 4 is 28.4 Å². The summed E-state index contributed by atoms with van der Waals surface area (Å²) in [4.78, 5) is 30.6. The summed E-state index contributed by atoms with van der Waals surface area (Å²) in [5.74, 6) is 0. The van der Waals surface area contributed by atoms with Crippen molar-refractivity contribution in [2.24, 2.45) is 0 Å². The van der Waals surface area contributed by atoms with Crippen molar-refractivity contribution in [3.8, 4) is 0 Å². The quantitative estimate of drug-likeness (QED) is 0.644. The molecular formula is C17H17N3O2S. The first-order valence-electron chi connectivity index (χ1n) is 7.20. The van der Waals surface area contributed by atoms with Crippen LogP contribution in [0, 0.1) is 6.92 Å². The van der Waals surface area contributed by atoms with E-state index < -0.39 is 0 Å². The molecular weight excluding hydrogens is 310 g/mol. The van der Waals surface area contributed by atoms with Crippen LogP contribution in [0.3, 0.4) is 0 Å². The molecule has 5 nitrogen and oxygen atoms in total. The lowest BCUT2D eigenvalue weighted by Gasteiger charge is -2.07. The van der Waals surface area contributed by atoms with Gasteiger partial charge in [-0.05, 0) is 48.4 Å². The van der Waals surface area contributed by atoms with Crippen LogP contribution in [0.2, 0.25) is 0 Å². The third-order valence-corrected chi connectivity index (χ3v) is 4.37. The Bertz CT molecular complexity index is 975. The summed E-state index contributed by atoms with van der Waals surface area (Å²) < 4.78 is 0. The number of aryl methyl sites for hydroxylation is 1. The Morgan fingerprint density at radius 2 is 1.96 bits per heavy atom. The summed E-state index contributed by atoms with van der Waals surface area (Å²) in [6.07, 6.45) is 3.65. The molecule has 0 saturated carbocycles. The normalized spacial score (nSPS) is 10.9. The standard InChI is InChI=1S/C17H17N3O2S/c1-10-5-15(17(22)19-8-10)18-9-12-6-11-3-4-13(23-2)7-14(11)20-16(12)21/h3-8,18H,9H2,1-2H3,(H,19,22)(H,20,21). The van der Waals surface area contributed by atoms with E-state index in [0.29, 0.717) is 17.8 Å². The second kappa shape index (κ2) is 6.34. The average molecular weight is 327 g/mol. The van der Waals surface area contributed by atoms with E-state index in [1.165, 1.54) is 0 Å². The molecule has 6 heteroatoms. The Hall–Kier alpha value is -2.47. The van der Waals surface area contributed by atoms with Crippen molar-refractivity contribution < 1.29 is 0 Å². The van der Waals surface area contributed by atoms with Gasteiger partial charge < -0.3 is 15.3 Å². The lowest BCUT2D eigenvalue weighted by atomic mass is 10.1. The number of rotatable bonds is 4. The molecule has 23 heavy (non-hydrogen) atoms. The van der Waals surface area contributed by atoms with E-state index >= 15 is 0 Å². The molecule has 3 rings (SSSR count). The van der Waals surface area contributed by atoms with Gasteiger partial charge in [0, 0.05) is 28.7 Å². The lowest BCUT2D eigenvalue weighted by molar-refractivity contribution is 1.07. The monoisotopic (exact) mass is 327 g/mol. The zero-order valence-corrected chi connectivity index (χ0v) is 13.7. The van der Waals surface area contributed by atoms with Crippen LogP contribution in [0.5, 0.6) is 0 Å². The van der Waals surface area contributed by atoms with Crippen molar-refractivity contribution in [2.45, 2.75) is 18.4 Å². The fourth-order valence-corrected chi connectivity index (χ4v) is 2.84. The molecule has 0 bridgehead atoms. The maximum Gasteiger partial charge on any atom is 0.271 e. The number of hydrogen-bond donors (Lipinski definition) is 3. The van der Waals surface area contributed by atoms with E-state index in [9.17, 15) is 9.59 Å². The Morgan fingerprint density at radius 1 is 1.13 bits per heavy atom. The molecule has 3 aromatic rings. The van der Waals surface area contributed by atoms with Crippen LogP contribution >= 0.6 is 11.8 Å². The number of hydrogen-bond acceptors (Lipinski definition) is 4. The highest BCUT2D eigenvalue weighted by Crippen LogP contribution is 2.20. The van der Waals surface area contributed by atoms with Crippen molar-refractivity contribution in [2.75, 3.05) is 11.6 Å². The van der Waals surface area contributed by atoms with Crippen LogP contribution < -0.4 is 16.4 Å². The lowest BCUT2D eigenvalue weighted by Crippen LogP contribution is -2.19. The van der Waals surface area contributed by atoms with Gasteiger partial charge in [0.25, 0.3) is 11.1 Å². The molecule has 2 heterocycles. The molecule has 0 aliphatic heterocycles. The van der Waals surface area contributed by atoms with Gasteiger partial charge in [-0.2, -0.15) is 0 Å². The number of pyridine rings is 2. The maximum absolute atomic E-state index is 12.2. The highest BCUT2D eigenvalue weighted by molar-refractivity contribution is 7.98.